The number of hydrogen-bond donors (Lipinski definition) is 1. The van der Waals surface area contributed by atoms with Crippen LogP contribution in [0.3, 0.4) is 0 Å². The number of amides is 1. The van der Waals surface area contributed by atoms with Crippen LogP contribution in [0.4, 0.5) is 5.69 Å². The molecule has 1 heterocycles. The summed E-state index contributed by atoms with van der Waals surface area (Å²) in [4.78, 5) is 23.6. The van der Waals surface area contributed by atoms with E-state index < -0.39 is 0 Å². The lowest BCUT2D eigenvalue weighted by molar-refractivity contribution is 0.102. The van der Waals surface area contributed by atoms with Crippen molar-refractivity contribution in [3.63, 3.8) is 0 Å². The van der Waals surface area contributed by atoms with Gasteiger partial charge in [-0.15, -0.1) is 0 Å². The van der Waals surface area contributed by atoms with E-state index >= 15 is 0 Å². The fourth-order valence-electron chi connectivity index (χ4n) is 2.13. The van der Waals surface area contributed by atoms with Crippen LogP contribution in [0.2, 0.25) is 0 Å². The van der Waals surface area contributed by atoms with E-state index in [1.165, 1.54) is 10.9 Å². The number of carbonyl (C=O) groups is 2. The molecular formula is C17H13N3O2. The zero-order valence-electron chi connectivity index (χ0n) is 11.6. The van der Waals surface area contributed by atoms with Gasteiger partial charge in [-0.25, -0.2) is 4.68 Å². The highest BCUT2D eigenvalue weighted by atomic mass is 16.1. The number of anilines is 1. The fourth-order valence-corrected chi connectivity index (χ4v) is 2.13. The van der Waals surface area contributed by atoms with Gasteiger partial charge < -0.3 is 5.32 Å². The first-order valence-electron chi connectivity index (χ1n) is 6.74. The van der Waals surface area contributed by atoms with E-state index in [-0.39, 0.29) is 5.91 Å². The summed E-state index contributed by atoms with van der Waals surface area (Å²) >= 11 is 0. The summed E-state index contributed by atoms with van der Waals surface area (Å²) in [5.74, 6) is -0.281. The number of benzene rings is 2. The first-order chi connectivity index (χ1) is 10.8. The van der Waals surface area contributed by atoms with Gasteiger partial charge in [0.2, 0.25) is 0 Å². The zero-order valence-corrected chi connectivity index (χ0v) is 11.6. The summed E-state index contributed by atoms with van der Waals surface area (Å²) in [7, 11) is 0. The van der Waals surface area contributed by atoms with Gasteiger partial charge in [0.25, 0.3) is 5.91 Å². The minimum Gasteiger partial charge on any atom is -0.319 e. The van der Waals surface area contributed by atoms with Crippen molar-refractivity contribution in [1.29, 1.82) is 0 Å². The topological polar surface area (TPSA) is 64.0 Å². The summed E-state index contributed by atoms with van der Waals surface area (Å²) in [6.45, 7) is 0. The second kappa shape index (κ2) is 6.05. The van der Waals surface area contributed by atoms with Gasteiger partial charge in [0, 0.05) is 5.56 Å². The molecule has 0 aliphatic carbocycles. The summed E-state index contributed by atoms with van der Waals surface area (Å²) in [5.41, 5.74) is 1.96. The van der Waals surface area contributed by atoms with Gasteiger partial charge >= 0.3 is 0 Å². The zero-order chi connectivity index (χ0) is 15.4. The lowest BCUT2D eigenvalue weighted by atomic mass is 10.2. The van der Waals surface area contributed by atoms with E-state index in [0.29, 0.717) is 23.2 Å². The lowest BCUT2D eigenvalue weighted by Gasteiger charge is -2.06. The van der Waals surface area contributed by atoms with Crippen molar-refractivity contribution >= 4 is 17.9 Å². The van der Waals surface area contributed by atoms with Crippen molar-refractivity contribution in [2.45, 2.75) is 0 Å². The third-order valence-electron chi connectivity index (χ3n) is 3.20. The molecule has 0 radical (unpaired) electrons. The van der Waals surface area contributed by atoms with E-state index in [4.69, 9.17) is 0 Å². The third-order valence-corrected chi connectivity index (χ3v) is 3.20. The van der Waals surface area contributed by atoms with Crippen LogP contribution < -0.4 is 5.32 Å². The van der Waals surface area contributed by atoms with E-state index in [1.54, 1.807) is 24.3 Å². The van der Waals surface area contributed by atoms with Crippen molar-refractivity contribution in [3.05, 3.63) is 78.1 Å². The van der Waals surface area contributed by atoms with E-state index in [2.05, 4.69) is 10.4 Å². The van der Waals surface area contributed by atoms with Crippen LogP contribution >= 0.6 is 0 Å². The Morgan fingerprint density at radius 1 is 1.00 bits per heavy atom. The van der Waals surface area contributed by atoms with Crippen molar-refractivity contribution < 1.29 is 9.59 Å². The van der Waals surface area contributed by atoms with Gasteiger partial charge in [0.1, 0.15) is 5.69 Å². The summed E-state index contributed by atoms with van der Waals surface area (Å²) in [5, 5.41) is 6.89. The number of aromatic nitrogens is 2. The highest BCUT2D eigenvalue weighted by Gasteiger charge is 2.14. The predicted octanol–water partition coefficient (Wildman–Crippen LogP) is 2.94. The molecule has 2 aromatic carbocycles. The van der Waals surface area contributed by atoms with Gasteiger partial charge in [0.15, 0.2) is 6.29 Å². The second-order valence-corrected chi connectivity index (χ2v) is 4.63. The first-order valence-corrected chi connectivity index (χ1v) is 6.74. The van der Waals surface area contributed by atoms with Crippen LogP contribution in [-0.4, -0.2) is 22.0 Å². The maximum absolute atomic E-state index is 12.2. The number of para-hydroxylation sites is 1. The molecule has 0 unspecified atom stereocenters. The quantitative estimate of drug-likeness (QED) is 0.752. The largest absolute Gasteiger partial charge is 0.319 e. The van der Waals surface area contributed by atoms with Gasteiger partial charge in [-0.3, -0.25) is 9.59 Å². The average Bonchev–Trinajstić information content (AvgIpc) is 2.99. The summed E-state index contributed by atoms with van der Waals surface area (Å²) in [6.07, 6.45) is 2.15. The highest BCUT2D eigenvalue weighted by Crippen LogP contribution is 2.18. The molecule has 3 aromatic rings. The normalized spacial score (nSPS) is 10.2. The molecule has 1 N–H and O–H groups in total. The Morgan fingerprint density at radius 2 is 1.64 bits per heavy atom. The van der Waals surface area contributed by atoms with Crippen molar-refractivity contribution in [3.8, 4) is 5.69 Å². The van der Waals surface area contributed by atoms with E-state index in [1.807, 2.05) is 36.4 Å². The summed E-state index contributed by atoms with van der Waals surface area (Å²) in [6, 6.07) is 18.1. The molecule has 0 aliphatic heterocycles. The smallest absolute Gasteiger partial charge is 0.255 e. The molecule has 0 bridgehead atoms. The highest BCUT2D eigenvalue weighted by molar-refractivity contribution is 6.06. The Balaban J connectivity index is 1.91. The number of aldehydes is 1. The van der Waals surface area contributed by atoms with Crippen LogP contribution in [0.15, 0.2) is 66.9 Å². The van der Waals surface area contributed by atoms with Gasteiger partial charge in [0.05, 0.1) is 17.6 Å². The van der Waals surface area contributed by atoms with Crippen LogP contribution in [-0.2, 0) is 0 Å². The summed E-state index contributed by atoms with van der Waals surface area (Å²) < 4.78 is 1.49. The molecule has 1 amide bonds. The molecule has 22 heavy (non-hydrogen) atoms. The molecule has 0 saturated carbocycles. The monoisotopic (exact) mass is 291 g/mol. The fraction of sp³-hybridized carbons (Fsp3) is 0. The Bertz CT molecular complexity index is 795. The maximum Gasteiger partial charge on any atom is 0.255 e. The predicted molar refractivity (Wildman–Crippen MR) is 83.3 cm³/mol. The molecule has 5 nitrogen and oxygen atoms in total. The Labute approximate surface area is 127 Å². The number of rotatable bonds is 4. The van der Waals surface area contributed by atoms with Crippen LogP contribution in [0, 0.1) is 0 Å². The van der Waals surface area contributed by atoms with Crippen molar-refractivity contribution in [2.75, 3.05) is 5.32 Å². The standard InChI is InChI=1S/C17H13N3O2/c21-12-16-15(19-17(22)13-7-3-1-4-8-13)11-18-20(16)14-9-5-2-6-10-14/h1-12H,(H,19,22). The molecule has 3 rings (SSSR count). The number of nitrogens with zero attached hydrogens (tertiary/aromatic N) is 2. The maximum atomic E-state index is 12.2. The second-order valence-electron chi connectivity index (χ2n) is 4.63. The number of nitrogens with one attached hydrogen (secondary N) is 1. The van der Waals surface area contributed by atoms with Gasteiger partial charge in [-0.1, -0.05) is 36.4 Å². The molecule has 5 heteroatoms. The minimum absolute atomic E-state index is 0.281. The van der Waals surface area contributed by atoms with Gasteiger partial charge in [-0.2, -0.15) is 5.10 Å². The van der Waals surface area contributed by atoms with Crippen LogP contribution in [0.25, 0.3) is 5.69 Å². The first kappa shape index (κ1) is 13.8. The average molecular weight is 291 g/mol. The molecule has 108 valence electrons. The molecule has 1 aromatic heterocycles. The molecule has 0 atom stereocenters. The lowest BCUT2D eigenvalue weighted by Crippen LogP contribution is -2.13. The minimum atomic E-state index is -0.281. The molecular weight excluding hydrogens is 278 g/mol. The molecule has 0 aliphatic rings. The molecule has 0 saturated heterocycles. The number of hydrogen-bond acceptors (Lipinski definition) is 3. The third kappa shape index (κ3) is 2.64. The van der Waals surface area contributed by atoms with E-state index in [0.717, 1.165) is 5.69 Å². The van der Waals surface area contributed by atoms with Crippen LogP contribution in [0.5, 0.6) is 0 Å². The van der Waals surface area contributed by atoms with Gasteiger partial charge in [-0.05, 0) is 24.3 Å². The van der Waals surface area contributed by atoms with Crippen molar-refractivity contribution in [1.82, 2.24) is 9.78 Å². The number of carbonyl (C=O) groups excluding carboxylic acids is 2. The molecule has 0 spiro atoms. The molecule has 0 fully saturated rings. The SMILES string of the molecule is O=Cc1c(NC(=O)c2ccccc2)cnn1-c1ccccc1. The van der Waals surface area contributed by atoms with Crippen LogP contribution in [0.1, 0.15) is 20.8 Å². The van der Waals surface area contributed by atoms with E-state index in [9.17, 15) is 9.59 Å². The Kier molecular flexibility index (Phi) is 3.78. The van der Waals surface area contributed by atoms with Crippen molar-refractivity contribution in [2.24, 2.45) is 0 Å². The Hall–Kier alpha value is -3.21. The Morgan fingerprint density at radius 3 is 2.27 bits per heavy atom.